The lowest BCUT2D eigenvalue weighted by molar-refractivity contribution is 0.842. The fraction of sp³-hybridized carbons (Fsp3) is 0.857. The fourth-order valence-corrected chi connectivity index (χ4v) is 1.00. The molecule has 1 aliphatic rings. The minimum absolute atomic E-state index is 0.986. The molecule has 1 atom stereocenters. The van der Waals surface area contributed by atoms with Crippen molar-refractivity contribution in [1.82, 2.24) is 0 Å². The van der Waals surface area contributed by atoms with Crippen molar-refractivity contribution in [2.75, 3.05) is 0 Å². The molecule has 0 aromatic heterocycles. The summed E-state index contributed by atoms with van der Waals surface area (Å²) in [4.78, 5) is 0. The molecular weight excluding hydrogens is 84.1 g/mol. The maximum Gasteiger partial charge on any atom is -0.0678 e. The summed E-state index contributed by atoms with van der Waals surface area (Å²) in [5.41, 5.74) is 0. The Morgan fingerprint density at radius 1 is 1.71 bits per heavy atom. The lowest BCUT2D eigenvalue weighted by Gasteiger charge is -2.02. The Hall–Kier alpha value is 0. The Bertz CT molecular complexity index is 57.1. The Morgan fingerprint density at radius 2 is 2.29 bits per heavy atom. The van der Waals surface area contributed by atoms with Gasteiger partial charge in [-0.1, -0.05) is 20.3 Å². The average molecular weight is 97.2 g/mol. The van der Waals surface area contributed by atoms with Crippen LogP contribution in [0.4, 0.5) is 0 Å². The quantitative estimate of drug-likeness (QED) is 0.464. The zero-order valence-electron chi connectivity index (χ0n) is 5.20. The molecule has 0 aromatic rings. The van der Waals surface area contributed by atoms with Gasteiger partial charge in [0.15, 0.2) is 0 Å². The second kappa shape index (κ2) is 1.85. The first-order valence-electron chi connectivity index (χ1n) is 3.19. The van der Waals surface area contributed by atoms with Gasteiger partial charge in [-0.3, -0.25) is 0 Å². The van der Waals surface area contributed by atoms with E-state index in [0.29, 0.717) is 0 Å². The molecule has 1 rings (SSSR count). The van der Waals surface area contributed by atoms with Crippen molar-refractivity contribution in [1.29, 1.82) is 0 Å². The van der Waals surface area contributed by atoms with Crippen molar-refractivity contribution >= 4 is 0 Å². The molecule has 0 aliphatic heterocycles. The zero-order chi connectivity index (χ0) is 5.28. The highest BCUT2D eigenvalue weighted by Gasteiger charge is 2.12. The van der Waals surface area contributed by atoms with E-state index in [-0.39, 0.29) is 0 Å². The highest BCUT2D eigenvalue weighted by Crippen LogP contribution is 2.43. The van der Waals surface area contributed by atoms with Crippen LogP contribution in [0.15, 0.2) is 0 Å². The Balaban J connectivity index is 1.98. The molecule has 0 heteroatoms. The topological polar surface area (TPSA) is 0 Å². The standard InChI is InChI=1S/C7H13/c1-3-4-7-5-6(7)2/h6H,3-5H2,1-2H3/q-1. The molecular formula is C7H13-. The summed E-state index contributed by atoms with van der Waals surface area (Å²) in [6.07, 6.45) is 4.16. The minimum Gasteiger partial charge on any atom is -0.315 e. The second-order valence-electron chi connectivity index (χ2n) is 2.51. The van der Waals surface area contributed by atoms with Crippen molar-refractivity contribution in [2.45, 2.75) is 33.1 Å². The highest BCUT2D eigenvalue weighted by atomic mass is 14.4. The summed E-state index contributed by atoms with van der Waals surface area (Å²) in [6, 6.07) is 0. The number of rotatable bonds is 2. The molecule has 0 spiro atoms. The van der Waals surface area contributed by atoms with Gasteiger partial charge in [0.1, 0.15) is 0 Å². The number of hydrogen-bond acceptors (Lipinski definition) is 0. The van der Waals surface area contributed by atoms with E-state index in [0.717, 1.165) is 5.92 Å². The predicted molar refractivity (Wildman–Crippen MR) is 31.9 cm³/mol. The normalized spacial score (nSPS) is 30.9. The van der Waals surface area contributed by atoms with E-state index in [4.69, 9.17) is 0 Å². The fourth-order valence-electron chi connectivity index (χ4n) is 1.00. The van der Waals surface area contributed by atoms with Crippen LogP contribution in [-0.4, -0.2) is 0 Å². The van der Waals surface area contributed by atoms with E-state index in [1.165, 1.54) is 19.3 Å². The first-order valence-corrected chi connectivity index (χ1v) is 3.19. The lowest BCUT2D eigenvalue weighted by Crippen LogP contribution is -1.71. The van der Waals surface area contributed by atoms with Crippen molar-refractivity contribution in [3.63, 3.8) is 0 Å². The van der Waals surface area contributed by atoms with Gasteiger partial charge >= 0.3 is 0 Å². The summed E-state index contributed by atoms with van der Waals surface area (Å²) in [6.45, 7) is 4.56. The molecule has 42 valence electrons. The molecule has 0 heterocycles. The van der Waals surface area contributed by atoms with E-state index < -0.39 is 0 Å². The van der Waals surface area contributed by atoms with Crippen molar-refractivity contribution in [2.24, 2.45) is 5.92 Å². The molecule has 0 nitrogen and oxygen atoms in total. The Morgan fingerprint density at radius 3 is 2.43 bits per heavy atom. The summed E-state index contributed by atoms with van der Waals surface area (Å²) in [5, 5.41) is 0. The van der Waals surface area contributed by atoms with Crippen LogP contribution in [0, 0.1) is 11.8 Å². The van der Waals surface area contributed by atoms with Gasteiger partial charge in [0, 0.05) is 0 Å². The Labute approximate surface area is 45.9 Å². The van der Waals surface area contributed by atoms with Crippen molar-refractivity contribution in [3.05, 3.63) is 5.92 Å². The van der Waals surface area contributed by atoms with Crippen LogP contribution in [0.3, 0.4) is 0 Å². The van der Waals surface area contributed by atoms with Gasteiger partial charge < -0.3 is 5.92 Å². The molecule has 1 aliphatic carbocycles. The van der Waals surface area contributed by atoms with Gasteiger partial charge in [0.2, 0.25) is 0 Å². The minimum atomic E-state index is 0.986. The van der Waals surface area contributed by atoms with E-state index in [2.05, 4.69) is 13.8 Å². The summed E-state index contributed by atoms with van der Waals surface area (Å²) in [7, 11) is 0. The van der Waals surface area contributed by atoms with Gasteiger partial charge in [-0.15, -0.1) is 0 Å². The largest absolute Gasteiger partial charge is 0.315 e. The van der Waals surface area contributed by atoms with Crippen LogP contribution in [0.25, 0.3) is 0 Å². The highest BCUT2D eigenvalue weighted by molar-refractivity contribution is 5.10. The third kappa shape index (κ3) is 1.19. The van der Waals surface area contributed by atoms with Crippen LogP contribution < -0.4 is 0 Å². The molecule has 0 radical (unpaired) electrons. The third-order valence-corrected chi connectivity index (χ3v) is 1.68. The van der Waals surface area contributed by atoms with Gasteiger partial charge in [-0.2, -0.15) is 12.3 Å². The maximum atomic E-state index is 2.31. The average Bonchev–Trinajstić information content (AvgIpc) is 2.22. The van der Waals surface area contributed by atoms with Gasteiger partial charge in [-0.25, -0.2) is 6.42 Å². The molecule has 1 fully saturated rings. The van der Waals surface area contributed by atoms with Crippen molar-refractivity contribution in [3.8, 4) is 0 Å². The molecule has 7 heavy (non-hydrogen) atoms. The lowest BCUT2D eigenvalue weighted by atomic mass is 10.2. The van der Waals surface area contributed by atoms with E-state index in [1.54, 1.807) is 5.92 Å². The van der Waals surface area contributed by atoms with Crippen LogP contribution >= 0.6 is 0 Å². The number of hydrogen-bond donors (Lipinski definition) is 0. The van der Waals surface area contributed by atoms with Crippen LogP contribution in [0.5, 0.6) is 0 Å². The van der Waals surface area contributed by atoms with E-state index >= 15 is 0 Å². The summed E-state index contributed by atoms with van der Waals surface area (Å²) in [5.74, 6) is 2.78. The maximum absolute atomic E-state index is 2.31. The first-order chi connectivity index (χ1) is 3.34. The van der Waals surface area contributed by atoms with Crippen LogP contribution in [0.1, 0.15) is 33.1 Å². The van der Waals surface area contributed by atoms with Crippen LogP contribution in [0.2, 0.25) is 0 Å². The van der Waals surface area contributed by atoms with Gasteiger partial charge in [0.25, 0.3) is 0 Å². The SMILES string of the molecule is CCC[C-]1CC1C. The smallest absolute Gasteiger partial charge is 0.0678 e. The van der Waals surface area contributed by atoms with Gasteiger partial charge in [-0.05, 0) is 0 Å². The van der Waals surface area contributed by atoms with Crippen molar-refractivity contribution < 1.29 is 0 Å². The third-order valence-electron chi connectivity index (χ3n) is 1.68. The molecule has 0 aromatic carbocycles. The van der Waals surface area contributed by atoms with Gasteiger partial charge in [0.05, 0.1) is 0 Å². The monoisotopic (exact) mass is 97.1 g/mol. The molecule has 0 saturated heterocycles. The first kappa shape index (κ1) is 5.14. The molecule has 1 saturated carbocycles. The molecule has 1 unspecified atom stereocenters. The van der Waals surface area contributed by atoms with Crippen LogP contribution in [-0.2, 0) is 0 Å². The molecule has 0 amide bonds. The molecule has 0 N–H and O–H groups in total. The second-order valence-corrected chi connectivity index (χ2v) is 2.51. The predicted octanol–water partition coefficient (Wildman–Crippen LogP) is 2.40. The van der Waals surface area contributed by atoms with E-state index in [1.807, 2.05) is 0 Å². The Kier molecular flexibility index (Phi) is 1.36. The zero-order valence-corrected chi connectivity index (χ0v) is 5.20. The summed E-state index contributed by atoms with van der Waals surface area (Å²) < 4.78 is 0. The molecule has 0 bridgehead atoms. The summed E-state index contributed by atoms with van der Waals surface area (Å²) >= 11 is 0. The van der Waals surface area contributed by atoms with E-state index in [9.17, 15) is 0 Å².